The average molecular weight is 294 g/mol. The van der Waals surface area contributed by atoms with Crippen molar-refractivity contribution in [2.75, 3.05) is 21.3 Å². The fourth-order valence-corrected chi connectivity index (χ4v) is 1.93. The Hall–Kier alpha value is -2.50. The van der Waals surface area contributed by atoms with E-state index in [-0.39, 0.29) is 5.57 Å². The first-order chi connectivity index (χ1) is 9.92. The lowest BCUT2D eigenvalue weighted by molar-refractivity contribution is -0.141. The fourth-order valence-electron chi connectivity index (χ4n) is 1.93. The number of carboxylic acids is 1. The van der Waals surface area contributed by atoms with Crippen molar-refractivity contribution in [2.45, 2.75) is 13.3 Å². The van der Waals surface area contributed by atoms with E-state index in [0.717, 1.165) is 5.56 Å². The molecule has 0 unspecified atom stereocenters. The Kier molecular flexibility index (Phi) is 5.78. The standard InChI is InChI=1S/C15H18O6/c1-9-5-12(19-2)7-10(14(9)20-3)6-11(8-13(16)17)15(18)21-4/h5-7H,8H2,1-4H3,(H,16,17)/b11-6+. The highest BCUT2D eigenvalue weighted by molar-refractivity contribution is 5.98. The lowest BCUT2D eigenvalue weighted by atomic mass is 10.0. The van der Waals surface area contributed by atoms with Gasteiger partial charge in [0.05, 0.1) is 27.8 Å². The molecular weight excluding hydrogens is 276 g/mol. The number of esters is 1. The van der Waals surface area contributed by atoms with E-state index in [2.05, 4.69) is 4.74 Å². The first kappa shape index (κ1) is 16.6. The number of hydrogen-bond donors (Lipinski definition) is 1. The molecule has 6 heteroatoms. The number of carboxylic acid groups (broad SMARTS) is 1. The predicted molar refractivity (Wildman–Crippen MR) is 76.5 cm³/mol. The van der Waals surface area contributed by atoms with Gasteiger partial charge in [0.25, 0.3) is 0 Å². The number of carbonyl (C=O) groups is 2. The van der Waals surface area contributed by atoms with Crippen LogP contribution in [0.1, 0.15) is 17.5 Å². The molecule has 6 nitrogen and oxygen atoms in total. The SMILES string of the molecule is COC(=O)/C(=C/c1cc(OC)cc(C)c1OC)CC(=O)O. The molecule has 1 aromatic rings. The molecule has 0 saturated heterocycles. The van der Waals surface area contributed by atoms with Gasteiger partial charge in [0, 0.05) is 11.1 Å². The van der Waals surface area contributed by atoms with E-state index in [4.69, 9.17) is 14.6 Å². The molecule has 0 radical (unpaired) electrons. The van der Waals surface area contributed by atoms with Gasteiger partial charge < -0.3 is 19.3 Å². The quantitative estimate of drug-likeness (QED) is 0.638. The topological polar surface area (TPSA) is 82.1 Å². The van der Waals surface area contributed by atoms with Crippen LogP contribution < -0.4 is 9.47 Å². The molecule has 0 bridgehead atoms. The summed E-state index contributed by atoms with van der Waals surface area (Å²) in [6.45, 7) is 1.83. The van der Waals surface area contributed by atoms with Crippen LogP contribution in [0.15, 0.2) is 17.7 Å². The van der Waals surface area contributed by atoms with Crippen LogP contribution in [0, 0.1) is 6.92 Å². The molecular formula is C15H18O6. The van der Waals surface area contributed by atoms with Crippen LogP contribution in [0.3, 0.4) is 0 Å². The molecule has 0 aliphatic rings. The zero-order valence-electron chi connectivity index (χ0n) is 12.4. The van der Waals surface area contributed by atoms with E-state index in [1.54, 1.807) is 12.1 Å². The van der Waals surface area contributed by atoms with Crippen LogP contribution in [0.5, 0.6) is 11.5 Å². The van der Waals surface area contributed by atoms with Crippen molar-refractivity contribution in [1.82, 2.24) is 0 Å². The zero-order valence-corrected chi connectivity index (χ0v) is 12.4. The van der Waals surface area contributed by atoms with E-state index in [1.165, 1.54) is 27.4 Å². The normalized spacial score (nSPS) is 11.0. The van der Waals surface area contributed by atoms with Crippen molar-refractivity contribution < 1.29 is 28.9 Å². The third-order valence-electron chi connectivity index (χ3n) is 2.84. The van der Waals surface area contributed by atoms with Gasteiger partial charge in [-0.25, -0.2) is 4.79 Å². The van der Waals surface area contributed by atoms with Gasteiger partial charge in [-0.1, -0.05) is 0 Å². The third kappa shape index (κ3) is 4.24. The first-order valence-corrected chi connectivity index (χ1v) is 6.16. The van der Waals surface area contributed by atoms with Crippen LogP contribution in [-0.4, -0.2) is 38.4 Å². The summed E-state index contributed by atoms with van der Waals surface area (Å²) in [5.74, 6) is -0.688. The van der Waals surface area contributed by atoms with Crippen LogP contribution in [0.2, 0.25) is 0 Å². The Labute approximate surface area is 122 Å². The van der Waals surface area contributed by atoms with Gasteiger partial charge in [-0.3, -0.25) is 4.79 Å². The summed E-state index contributed by atoms with van der Waals surface area (Å²) in [6.07, 6.45) is 1.00. The number of aryl methyl sites for hydroxylation is 1. The zero-order chi connectivity index (χ0) is 16.0. The van der Waals surface area contributed by atoms with E-state index < -0.39 is 18.4 Å². The van der Waals surface area contributed by atoms with Crippen molar-refractivity contribution in [3.63, 3.8) is 0 Å². The summed E-state index contributed by atoms with van der Waals surface area (Å²) in [5, 5.41) is 8.88. The Bertz CT molecular complexity index is 574. The van der Waals surface area contributed by atoms with Crippen molar-refractivity contribution in [3.05, 3.63) is 28.8 Å². The van der Waals surface area contributed by atoms with Gasteiger partial charge in [0.1, 0.15) is 11.5 Å². The second-order valence-corrected chi connectivity index (χ2v) is 4.30. The molecule has 0 amide bonds. The molecule has 0 aliphatic heterocycles. The maximum atomic E-state index is 11.7. The van der Waals surface area contributed by atoms with Crippen LogP contribution >= 0.6 is 0 Å². The second-order valence-electron chi connectivity index (χ2n) is 4.30. The molecule has 0 atom stereocenters. The van der Waals surface area contributed by atoms with E-state index in [1.807, 2.05) is 6.92 Å². The molecule has 0 spiro atoms. The largest absolute Gasteiger partial charge is 0.497 e. The highest BCUT2D eigenvalue weighted by Crippen LogP contribution is 2.31. The monoisotopic (exact) mass is 294 g/mol. The summed E-state index contributed by atoms with van der Waals surface area (Å²) in [4.78, 5) is 22.5. The van der Waals surface area contributed by atoms with Crippen molar-refractivity contribution in [1.29, 1.82) is 0 Å². The third-order valence-corrected chi connectivity index (χ3v) is 2.84. The van der Waals surface area contributed by atoms with Gasteiger partial charge in [0.2, 0.25) is 0 Å². The number of aliphatic carboxylic acids is 1. The lowest BCUT2D eigenvalue weighted by Gasteiger charge is -2.12. The lowest BCUT2D eigenvalue weighted by Crippen LogP contribution is -2.09. The number of hydrogen-bond acceptors (Lipinski definition) is 5. The summed E-state index contributed by atoms with van der Waals surface area (Å²) in [7, 11) is 4.22. The minimum absolute atomic E-state index is 0.0240. The number of ether oxygens (including phenoxy) is 3. The minimum atomic E-state index is -1.12. The molecule has 1 N–H and O–H groups in total. The van der Waals surface area contributed by atoms with Crippen molar-refractivity contribution in [2.24, 2.45) is 0 Å². The Balaban J connectivity index is 3.39. The number of methoxy groups -OCH3 is 3. The smallest absolute Gasteiger partial charge is 0.334 e. The summed E-state index contributed by atoms with van der Waals surface area (Å²) in [6, 6.07) is 3.45. The Morgan fingerprint density at radius 1 is 1.19 bits per heavy atom. The van der Waals surface area contributed by atoms with Crippen molar-refractivity contribution >= 4 is 18.0 Å². The predicted octanol–water partition coefficient (Wildman–Crippen LogP) is 2.04. The Morgan fingerprint density at radius 2 is 1.86 bits per heavy atom. The fraction of sp³-hybridized carbons (Fsp3) is 0.333. The molecule has 1 aromatic carbocycles. The summed E-state index contributed by atoms with van der Waals surface area (Å²) >= 11 is 0. The van der Waals surface area contributed by atoms with Gasteiger partial charge in [0.15, 0.2) is 0 Å². The molecule has 0 fully saturated rings. The second kappa shape index (κ2) is 7.33. The molecule has 1 rings (SSSR count). The average Bonchev–Trinajstić information content (AvgIpc) is 2.44. The van der Waals surface area contributed by atoms with Gasteiger partial charge in [-0.05, 0) is 30.7 Å². The maximum absolute atomic E-state index is 11.7. The first-order valence-electron chi connectivity index (χ1n) is 6.16. The molecule has 0 saturated carbocycles. The summed E-state index contributed by atoms with van der Waals surface area (Å²) in [5.41, 5.74) is 1.38. The molecule has 0 heterocycles. The number of carbonyl (C=O) groups excluding carboxylic acids is 1. The van der Waals surface area contributed by atoms with Crippen LogP contribution in [-0.2, 0) is 14.3 Å². The minimum Gasteiger partial charge on any atom is -0.497 e. The maximum Gasteiger partial charge on any atom is 0.334 e. The molecule has 0 aliphatic carbocycles. The molecule has 114 valence electrons. The van der Waals surface area contributed by atoms with E-state index in [0.29, 0.717) is 17.1 Å². The van der Waals surface area contributed by atoms with Crippen LogP contribution in [0.4, 0.5) is 0 Å². The molecule has 0 aromatic heterocycles. The number of benzene rings is 1. The van der Waals surface area contributed by atoms with Gasteiger partial charge >= 0.3 is 11.9 Å². The summed E-state index contributed by atoms with van der Waals surface area (Å²) < 4.78 is 15.1. The van der Waals surface area contributed by atoms with E-state index >= 15 is 0 Å². The highest BCUT2D eigenvalue weighted by Gasteiger charge is 2.16. The highest BCUT2D eigenvalue weighted by atomic mass is 16.5. The Morgan fingerprint density at radius 3 is 2.33 bits per heavy atom. The van der Waals surface area contributed by atoms with Crippen molar-refractivity contribution in [3.8, 4) is 11.5 Å². The van der Waals surface area contributed by atoms with Crippen LogP contribution in [0.25, 0.3) is 6.08 Å². The van der Waals surface area contributed by atoms with Gasteiger partial charge in [-0.2, -0.15) is 0 Å². The van der Waals surface area contributed by atoms with Gasteiger partial charge in [-0.15, -0.1) is 0 Å². The van der Waals surface area contributed by atoms with E-state index in [9.17, 15) is 9.59 Å². The molecule has 21 heavy (non-hydrogen) atoms. The number of rotatable bonds is 6.